The van der Waals surface area contributed by atoms with Gasteiger partial charge in [0.1, 0.15) is 17.2 Å². The third kappa shape index (κ3) is 2.31. The third-order valence-electron chi connectivity index (χ3n) is 6.08. The van der Waals surface area contributed by atoms with Gasteiger partial charge in [-0.1, -0.05) is 44.2 Å². The summed E-state index contributed by atoms with van der Waals surface area (Å²) in [4.78, 5) is 13.9. The molecule has 0 bridgehead atoms. The fourth-order valence-electron chi connectivity index (χ4n) is 4.61. The monoisotopic (exact) mass is 398 g/mol. The summed E-state index contributed by atoms with van der Waals surface area (Å²) in [5.74, 6) is 1.39. The third-order valence-corrected chi connectivity index (χ3v) is 6.08. The molecule has 0 unspecified atom stereocenters. The van der Waals surface area contributed by atoms with Gasteiger partial charge in [0.25, 0.3) is 0 Å². The first-order chi connectivity index (χ1) is 14.5. The topological polar surface area (TPSA) is 55.8 Å². The number of benzene rings is 4. The lowest BCUT2D eigenvalue weighted by Crippen LogP contribution is -2.13. The number of phenols is 1. The zero-order chi connectivity index (χ0) is 21.2. The summed E-state index contributed by atoms with van der Waals surface area (Å²) >= 11 is 0. The van der Waals surface area contributed by atoms with Crippen LogP contribution in [0.15, 0.2) is 48.5 Å². The van der Waals surface area contributed by atoms with Crippen LogP contribution in [-0.4, -0.2) is 25.1 Å². The molecule has 0 amide bonds. The second kappa shape index (κ2) is 6.49. The minimum absolute atomic E-state index is 0.0980. The summed E-state index contributed by atoms with van der Waals surface area (Å²) in [6.07, 6.45) is 0. The number of fused-ring (bicyclic) bond motifs is 4. The van der Waals surface area contributed by atoms with Gasteiger partial charge < -0.3 is 14.6 Å². The van der Waals surface area contributed by atoms with Crippen LogP contribution in [0.1, 0.15) is 41.3 Å². The second-order valence-electron chi connectivity index (χ2n) is 7.96. The lowest BCUT2D eigenvalue weighted by Gasteiger charge is -2.25. The van der Waals surface area contributed by atoms with Crippen LogP contribution < -0.4 is 9.47 Å². The first-order valence-electron chi connectivity index (χ1n) is 9.99. The molecule has 0 saturated carbocycles. The number of methoxy groups -OCH3 is 2. The Hall–Kier alpha value is -3.53. The molecule has 0 saturated heterocycles. The van der Waals surface area contributed by atoms with E-state index < -0.39 is 0 Å². The molecule has 4 nitrogen and oxygen atoms in total. The van der Waals surface area contributed by atoms with Crippen molar-refractivity contribution in [2.75, 3.05) is 14.2 Å². The molecule has 0 atom stereocenters. The number of hydrogen-bond acceptors (Lipinski definition) is 4. The first-order valence-corrected chi connectivity index (χ1v) is 9.99. The standard InChI is InChI=1S/C26H22O4/c1-13(2)14-11-18-23(20(12-14)30-4)25(27)17-9-5-7-15-16-8-6-10-19(29-3)22(16)26(28)24(18)21(15)17/h5-13,27H,1-4H3. The molecule has 1 aliphatic rings. The molecule has 0 fully saturated rings. The Kier molecular flexibility index (Phi) is 4.00. The molecule has 1 aliphatic carbocycles. The van der Waals surface area contributed by atoms with Crippen LogP contribution in [0.3, 0.4) is 0 Å². The summed E-state index contributed by atoms with van der Waals surface area (Å²) in [6, 6.07) is 15.3. The number of hydrogen-bond donors (Lipinski definition) is 1. The molecule has 0 heterocycles. The van der Waals surface area contributed by atoms with Gasteiger partial charge in [0, 0.05) is 21.7 Å². The highest BCUT2D eigenvalue weighted by molar-refractivity contribution is 6.34. The molecule has 150 valence electrons. The van der Waals surface area contributed by atoms with E-state index in [9.17, 15) is 9.90 Å². The number of ketones is 1. The number of aromatic hydroxyl groups is 1. The smallest absolute Gasteiger partial charge is 0.198 e. The summed E-state index contributed by atoms with van der Waals surface area (Å²) in [5.41, 5.74) is 3.93. The zero-order valence-corrected chi connectivity index (χ0v) is 17.4. The van der Waals surface area contributed by atoms with E-state index in [4.69, 9.17) is 9.47 Å². The summed E-state index contributed by atoms with van der Waals surface area (Å²) in [6.45, 7) is 4.19. The summed E-state index contributed by atoms with van der Waals surface area (Å²) in [5, 5.41) is 13.9. The summed E-state index contributed by atoms with van der Waals surface area (Å²) < 4.78 is 11.2. The molecular weight excluding hydrogens is 376 g/mol. The van der Waals surface area contributed by atoms with Gasteiger partial charge in [-0.05, 0) is 40.8 Å². The first kappa shape index (κ1) is 18.5. The largest absolute Gasteiger partial charge is 0.507 e. The van der Waals surface area contributed by atoms with Crippen molar-refractivity contribution in [2.24, 2.45) is 0 Å². The molecule has 4 aromatic rings. The zero-order valence-electron chi connectivity index (χ0n) is 17.4. The minimum atomic E-state index is -0.0980. The van der Waals surface area contributed by atoms with Crippen molar-refractivity contribution >= 4 is 27.3 Å². The Morgan fingerprint density at radius 1 is 0.800 bits per heavy atom. The molecule has 1 N–H and O–H groups in total. The molecule has 4 heteroatoms. The molecule has 0 spiro atoms. The average Bonchev–Trinajstić information content (AvgIpc) is 2.76. The number of carbonyl (C=O) groups is 1. The van der Waals surface area contributed by atoms with Crippen molar-refractivity contribution in [3.05, 3.63) is 65.2 Å². The van der Waals surface area contributed by atoms with E-state index >= 15 is 0 Å². The molecule has 0 radical (unpaired) electrons. The van der Waals surface area contributed by atoms with E-state index in [1.807, 2.05) is 48.5 Å². The van der Waals surface area contributed by atoms with Gasteiger partial charge in [-0.25, -0.2) is 0 Å². The molecule has 30 heavy (non-hydrogen) atoms. The highest BCUT2D eigenvalue weighted by atomic mass is 16.5. The molecule has 5 rings (SSSR count). The van der Waals surface area contributed by atoms with Gasteiger partial charge >= 0.3 is 0 Å². The van der Waals surface area contributed by atoms with Crippen LogP contribution in [0.25, 0.3) is 32.7 Å². The Balaban J connectivity index is 2.06. The van der Waals surface area contributed by atoms with E-state index in [0.29, 0.717) is 38.8 Å². The predicted octanol–water partition coefficient (Wildman–Crippen LogP) is 6.05. The van der Waals surface area contributed by atoms with Crippen LogP contribution in [0, 0.1) is 0 Å². The predicted molar refractivity (Wildman–Crippen MR) is 119 cm³/mol. The van der Waals surface area contributed by atoms with Crippen molar-refractivity contribution in [3.63, 3.8) is 0 Å². The van der Waals surface area contributed by atoms with E-state index in [1.54, 1.807) is 14.2 Å². The van der Waals surface area contributed by atoms with Crippen molar-refractivity contribution in [3.8, 4) is 28.4 Å². The van der Waals surface area contributed by atoms with Gasteiger partial charge in [0.2, 0.25) is 0 Å². The van der Waals surface area contributed by atoms with Crippen molar-refractivity contribution in [2.45, 2.75) is 19.8 Å². The second-order valence-corrected chi connectivity index (χ2v) is 7.96. The Morgan fingerprint density at radius 2 is 1.50 bits per heavy atom. The van der Waals surface area contributed by atoms with Gasteiger partial charge in [0.05, 0.1) is 25.2 Å². The number of phenolic OH excluding ortho intramolecular Hbond substituents is 1. The Labute approximate surface area is 174 Å². The summed E-state index contributed by atoms with van der Waals surface area (Å²) in [7, 11) is 3.17. The molecule has 0 aliphatic heterocycles. The maximum absolute atomic E-state index is 13.9. The van der Waals surface area contributed by atoms with Crippen LogP contribution in [0.2, 0.25) is 0 Å². The van der Waals surface area contributed by atoms with Crippen LogP contribution in [-0.2, 0) is 0 Å². The highest BCUT2D eigenvalue weighted by Crippen LogP contribution is 2.50. The van der Waals surface area contributed by atoms with E-state index in [-0.39, 0.29) is 17.5 Å². The number of carbonyl (C=O) groups excluding carboxylic acids is 1. The normalized spacial score (nSPS) is 12.5. The van der Waals surface area contributed by atoms with E-state index in [0.717, 1.165) is 22.1 Å². The Bertz CT molecular complexity index is 1370. The number of rotatable bonds is 3. The lowest BCUT2D eigenvalue weighted by atomic mass is 9.79. The molecular formula is C26H22O4. The highest BCUT2D eigenvalue weighted by Gasteiger charge is 2.32. The minimum Gasteiger partial charge on any atom is -0.507 e. The average molecular weight is 398 g/mol. The van der Waals surface area contributed by atoms with Crippen LogP contribution in [0.4, 0.5) is 0 Å². The van der Waals surface area contributed by atoms with Gasteiger partial charge in [-0.2, -0.15) is 0 Å². The van der Waals surface area contributed by atoms with E-state index in [2.05, 4.69) is 13.8 Å². The quantitative estimate of drug-likeness (QED) is 0.376. The molecule has 4 aromatic carbocycles. The van der Waals surface area contributed by atoms with Crippen molar-refractivity contribution in [1.29, 1.82) is 0 Å². The van der Waals surface area contributed by atoms with Gasteiger partial charge in [0.15, 0.2) is 5.78 Å². The van der Waals surface area contributed by atoms with Gasteiger partial charge in [-0.15, -0.1) is 0 Å². The maximum Gasteiger partial charge on any atom is 0.198 e. The van der Waals surface area contributed by atoms with Gasteiger partial charge in [-0.3, -0.25) is 4.79 Å². The number of ether oxygens (including phenoxy) is 2. The SMILES string of the molecule is COc1cccc2c1C(=O)c1c3cc(C(C)C)cc(OC)c3c(O)c3cccc-2c13. The fourth-order valence-corrected chi connectivity index (χ4v) is 4.61. The van der Waals surface area contributed by atoms with Crippen molar-refractivity contribution < 1.29 is 19.4 Å². The van der Waals surface area contributed by atoms with E-state index in [1.165, 1.54) is 0 Å². The maximum atomic E-state index is 13.9. The van der Waals surface area contributed by atoms with Crippen molar-refractivity contribution in [1.82, 2.24) is 0 Å². The fraction of sp³-hybridized carbons (Fsp3) is 0.192. The van der Waals surface area contributed by atoms with Crippen LogP contribution >= 0.6 is 0 Å². The molecule has 0 aromatic heterocycles. The Morgan fingerprint density at radius 3 is 2.20 bits per heavy atom. The lowest BCUT2D eigenvalue weighted by molar-refractivity contribution is 0.103. The van der Waals surface area contributed by atoms with Crippen LogP contribution in [0.5, 0.6) is 17.2 Å².